The number of hydrogen-bond donors (Lipinski definition) is 1. The molecule has 0 bridgehead atoms. The van der Waals surface area contributed by atoms with Crippen molar-refractivity contribution in [2.75, 3.05) is 39.0 Å². The van der Waals surface area contributed by atoms with Crippen molar-refractivity contribution in [3.05, 3.63) is 41.0 Å². The Hall–Kier alpha value is -1.89. The zero-order valence-corrected chi connectivity index (χ0v) is 14.2. The quantitative estimate of drug-likeness (QED) is 0.910. The summed E-state index contributed by atoms with van der Waals surface area (Å²) < 4.78 is 40.2. The SMILES string of the molecule is Cc1ccc(NC2CCN(C)C3=C2N(CC(F)F)N(C)C3)c(F)c1. The Morgan fingerprint density at radius 1 is 1.29 bits per heavy atom. The average molecular weight is 340 g/mol. The van der Waals surface area contributed by atoms with Gasteiger partial charge in [-0.15, -0.1) is 0 Å². The fraction of sp³-hybridized carbons (Fsp3) is 0.529. The molecule has 0 aromatic heterocycles. The molecule has 0 spiro atoms. The highest BCUT2D eigenvalue weighted by Gasteiger charge is 2.38. The molecule has 1 aromatic rings. The zero-order valence-electron chi connectivity index (χ0n) is 14.2. The van der Waals surface area contributed by atoms with E-state index < -0.39 is 6.43 Å². The number of alkyl halides is 2. The van der Waals surface area contributed by atoms with Crippen LogP contribution in [0.25, 0.3) is 0 Å². The van der Waals surface area contributed by atoms with Crippen LogP contribution in [-0.4, -0.2) is 61.1 Å². The summed E-state index contributed by atoms with van der Waals surface area (Å²) in [7, 11) is 3.77. The Labute approximate surface area is 140 Å². The number of benzene rings is 1. The van der Waals surface area contributed by atoms with Gasteiger partial charge >= 0.3 is 0 Å². The molecule has 0 saturated heterocycles. The van der Waals surface area contributed by atoms with Crippen molar-refractivity contribution in [3.8, 4) is 0 Å². The van der Waals surface area contributed by atoms with Gasteiger partial charge in [0, 0.05) is 20.6 Å². The van der Waals surface area contributed by atoms with Crippen LogP contribution in [0.15, 0.2) is 29.6 Å². The third-order valence-electron chi connectivity index (χ3n) is 4.67. The lowest BCUT2D eigenvalue weighted by Gasteiger charge is -2.37. The number of nitrogens with one attached hydrogen (secondary N) is 1. The van der Waals surface area contributed by atoms with Gasteiger partial charge in [-0.2, -0.15) is 0 Å². The number of nitrogens with zero attached hydrogens (tertiary/aromatic N) is 3. The normalized spacial score (nSPS) is 21.7. The van der Waals surface area contributed by atoms with Crippen molar-refractivity contribution in [3.63, 3.8) is 0 Å². The third kappa shape index (κ3) is 3.17. The van der Waals surface area contributed by atoms with Crippen molar-refractivity contribution >= 4 is 5.69 Å². The van der Waals surface area contributed by atoms with E-state index in [1.54, 1.807) is 23.1 Å². The summed E-state index contributed by atoms with van der Waals surface area (Å²) in [6, 6.07) is 4.84. The second-order valence-corrected chi connectivity index (χ2v) is 6.51. The highest BCUT2D eigenvalue weighted by atomic mass is 19.3. The van der Waals surface area contributed by atoms with Crippen LogP contribution in [0.2, 0.25) is 0 Å². The standard InChI is InChI=1S/C17H23F3N4/c1-11-4-5-13(12(18)8-11)21-14-6-7-22(2)15-9-23(3)24(17(14)15)10-16(19)20/h4-5,8,14,16,21H,6-7,9-10H2,1-3H3. The van der Waals surface area contributed by atoms with Crippen LogP contribution in [0.4, 0.5) is 18.9 Å². The van der Waals surface area contributed by atoms with Crippen LogP contribution in [0.5, 0.6) is 0 Å². The lowest BCUT2D eigenvalue weighted by atomic mass is 10.0. The monoisotopic (exact) mass is 340 g/mol. The van der Waals surface area contributed by atoms with E-state index in [9.17, 15) is 13.2 Å². The maximum Gasteiger partial charge on any atom is 0.257 e. The Bertz CT molecular complexity index is 647. The van der Waals surface area contributed by atoms with Crippen molar-refractivity contribution in [1.29, 1.82) is 0 Å². The topological polar surface area (TPSA) is 21.8 Å². The summed E-state index contributed by atoms with van der Waals surface area (Å²) >= 11 is 0. The molecule has 1 aromatic carbocycles. The molecule has 0 amide bonds. The summed E-state index contributed by atoms with van der Waals surface area (Å²) in [5, 5.41) is 6.65. The molecule has 1 atom stereocenters. The van der Waals surface area contributed by atoms with Gasteiger partial charge in [0.25, 0.3) is 6.43 Å². The van der Waals surface area contributed by atoms with Crippen molar-refractivity contribution in [1.82, 2.24) is 14.9 Å². The molecule has 2 heterocycles. The first kappa shape index (κ1) is 17.0. The number of anilines is 1. The van der Waals surface area contributed by atoms with Crippen LogP contribution >= 0.6 is 0 Å². The van der Waals surface area contributed by atoms with E-state index in [1.165, 1.54) is 6.07 Å². The van der Waals surface area contributed by atoms with Gasteiger partial charge in [-0.25, -0.2) is 18.2 Å². The number of hydrogen-bond acceptors (Lipinski definition) is 4. The molecule has 0 radical (unpaired) electrons. The van der Waals surface area contributed by atoms with Crippen LogP contribution in [0.1, 0.15) is 12.0 Å². The summed E-state index contributed by atoms with van der Waals surface area (Å²) in [6.45, 7) is 2.88. The number of likely N-dealkylation sites (N-methyl/N-ethyl adjacent to an activating group) is 2. The molecule has 1 N–H and O–H groups in total. The maximum atomic E-state index is 14.2. The van der Waals surface area contributed by atoms with Gasteiger partial charge in [0.1, 0.15) is 5.82 Å². The first-order valence-electron chi connectivity index (χ1n) is 8.10. The number of hydrazine groups is 1. The fourth-order valence-corrected chi connectivity index (χ4v) is 3.44. The van der Waals surface area contributed by atoms with Gasteiger partial charge in [-0.05, 0) is 31.0 Å². The Morgan fingerprint density at radius 3 is 2.71 bits per heavy atom. The van der Waals surface area contributed by atoms with Crippen molar-refractivity contribution in [2.24, 2.45) is 0 Å². The van der Waals surface area contributed by atoms with Crippen LogP contribution in [-0.2, 0) is 0 Å². The fourth-order valence-electron chi connectivity index (χ4n) is 3.44. The molecule has 2 aliphatic rings. The molecule has 2 aliphatic heterocycles. The predicted octanol–water partition coefficient (Wildman–Crippen LogP) is 2.89. The van der Waals surface area contributed by atoms with Crippen LogP contribution in [0, 0.1) is 12.7 Å². The molecule has 3 rings (SSSR count). The predicted molar refractivity (Wildman–Crippen MR) is 88.2 cm³/mol. The maximum absolute atomic E-state index is 14.2. The van der Waals surface area contributed by atoms with Crippen molar-refractivity contribution < 1.29 is 13.2 Å². The highest BCUT2D eigenvalue weighted by Crippen LogP contribution is 2.34. The minimum atomic E-state index is -2.43. The van der Waals surface area contributed by atoms with E-state index in [4.69, 9.17) is 0 Å². The second kappa shape index (κ2) is 6.55. The Kier molecular flexibility index (Phi) is 4.62. The number of rotatable bonds is 4. The number of halogens is 3. The lowest BCUT2D eigenvalue weighted by molar-refractivity contribution is 0.00239. The largest absolute Gasteiger partial charge is 0.375 e. The minimum absolute atomic E-state index is 0.183. The molecular weight excluding hydrogens is 317 g/mol. The van der Waals surface area contributed by atoms with E-state index in [0.717, 1.165) is 29.9 Å². The molecule has 1 unspecified atom stereocenters. The van der Waals surface area contributed by atoms with E-state index in [-0.39, 0.29) is 18.4 Å². The summed E-state index contributed by atoms with van der Waals surface area (Å²) in [6.07, 6.45) is -1.70. The smallest absolute Gasteiger partial charge is 0.257 e. The van der Waals surface area contributed by atoms with Crippen molar-refractivity contribution in [2.45, 2.75) is 25.8 Å². The first-order chi connectivity index (χ1) is 11.4. The van der Waals surface area contributed by atoms with Gasteiger partial charge in [-0.3, -0.25) is 0 Å². The zero-order chi connectivity index (χ0) is 17.4. The molecule has 0 fully saturated rings. The third-order valence-corrected chi connectivity index (χ3v) is 4.67. The van der Waals surface area contributed by atoms with E-state index in [1.807, 2.05) is 20.0 Å². The summed E-state index contributed by atoms with van der Waals surface area (Å²) in [4.78, 5) is 2.10. The van der Waals surface area contributed by atoms with E-state index >= 15 is 0 Å². The molecular formula is C17H23F3N4. The molecule has 7 heteroatoms. The van der Waals surface area contributed by atoms with Gasteiger partial charge in [0.15, 0.2) is 0 Å². The average Bonchev–Trinajstić information content (AvgIpc) is 2.82. The number of aryl methyl sites for hydroxylation is 1. The molecule has 24 heavy (non-hydrogen) atoms. The van der Waals surface area contributed by atoms with Gasteiger partial charge in [0.05, 0.1) is 36.2 Å². The van der Waals surface area contributed by atoms with E-state index in [0.29, 0.717) is 12.2 Å². The van der Waals surface area contributed by atoms with Crippen LogP contribution in [0.3, 0.4) is 0 Å². The highest BCUT2D eigenvalue weighted by molar-refractivity contribution is 5.49. The molecule has 0 saturated carbocycles. The van der Waals surface area contributed by atoms with Gasteiger partial charge in [-0.1, -0.05) is 6.07 Å². The minimum Gasteiger partial charge on any atom is -0.375 e. The first-order valence-corrected chi connectivity index (χ1v) is 8.10. The second-order valence-electron chi connectivity index (χ2n) is 6.51. The summed E-state index contributed by atoms with van der Waals surface area (Å²) in [5.41, 5.74) is 3.11. The summed E-state index contributed by atoms with van der Waals surface area (Å²) in [5.74, 6) is -0.317. The van der Waals surface area contributed by atoms with Gasteiger partial charge in [0.2, 0.25) is 0 Å². The Morgan fingerprint density at radius 2 is 2.04 bits per heavy atom. The van der Waals surface area contributed by atoms with E-state index in [2.05, 4.69) is 10.2 Å². The van der Waals surface area contributed by atoms with Crippen LogP contribution < -0.4 is 5.32 Å². The molecule has 4 nitrogen and oxygen atoms in total. The lowest BCUT2D eigenvalue weighted by Crippen LogP contribution is -2.44. The molecule has 0 aliphatic carbocycles. The Balaban J connectivity index is 1.89. The van der Waals surface area contributed by atoms with Gasteiger partial charge < -0.3 is 15.2 Å². The molecule has 132 valence electrons.